The molecule has 0 radical (unpaired) electrons. The molecule has 2 aromatic heterocycles. The van der Waals surface area contributed by atoms with Gasteiger partial charge in [0.15, 0.2) is 5.13 Å². The van der Waals surface area contributed by atoms with Crippen molar-refractivity contribution in [2.24, 2.45) is 5.92 Å². The molecule has 1 aliphatic rings. The van der Waals surface area contributed by atoms with Gasteiger partial charge in [0.1, 0.15) is 5.03 Å². The van der Waals surface area contributed by atoms with Gasteiger partial charge in [-0.25, -0.2) is 9.97 Å². The molecule has 1 aliphatic heterocycles. The van der Waals surface area contributed by atoms with Gasteiger partial charge in [0.2, 0.25) is 0 Å². The number of carbonyl (C=O) groups excluding carboxylic acids is 1. The van der Waals surface area contributed by atoms with Gasteiger partial charge in [-0.3, -0.25) is 15.0 Å². The minimum atomic E-state index is -0.153. The molecule has 1 amide bonds. The summed E-state index contributed by atoms with van der Waals surface area (Å²) in [6.07, 6.45) is 6.13. The van der Waals surface area contributed by atoms with Crippen molar-refractivity contribution in [3.63, 3.8) is 0 Å². The number of rotatable bonds is 5. The number of nitrogens with one attached hydrogen (secondary N) is 1. The fourth-order valence-corrected chi connectivity index (χ4v) is 4.02. The number of hydrogen-bond donors (Lipinski definition) is 1. The summed E-state index contributed by atoms with van der Waals surface area (Å²) in [5, 5.41) is 6.31. The molecule has 0 aromatic carbocycles. The van der Waals surface area contributed by atoms with Gasteiger partial charge in [0, 0.05) is 18.1 Å². The fraction of sp³-hybridized carbons (Fsp3) is 0.471. The molecule has 0 unspecified atom stereocenters. The second-order valence-corrected chi connectivity index (χ2v) is 7.77. The molecular weight excluding hydrogens is 340 g/mol. The van der Waals surface area contributed by atoms with Crippen LogP contribution in [0, 0.1) is 5.92 Å². The van der Waals surface area contributed by atoms with Gasteiger partial charge in [-0.15, -0.1) is 23.1 Å². The van der Waals surface area contributed by atoms with Crippen molar-refractivity contribution >= 4 is 34.1 Å². The van der Waals surface area contributed by atoms with Crippen LogP contribution in [0.1, 0.15) is 35.8 Å². The summed E-state index contributed by atoms with van der Waals surface area (Å²) >= 11 is 2.95. The Balaban J connectivity index is 1.60. The summed E-state index contributed by atoms with van der Waals surface area (Å²) in [4.78, 5) is 23.6. The Morgan fingerprint density at radius 2 is 2.25 bits per heavy atom. The van der Waals surface area contributed by atoms with E-state index in [1.54, 1.807) is 18.3 Å². The zero-order chi connectivity index (χ0) is 16.9. The van der Waals surface area contributed by atoms with Crippen molar-refractivity contribution in [2.75, 3.05) is 24.7 Å². The fourth-order valence-electron chi connectivity index (χ4n) is 2.78. The standard InChI is InChI=1S/C17H22N4OS2/c1-12-5-8-21(9-6-12)10-13-11-24-17(19-13)20-15(22)14-4-3-7-18-16(14)23-2/h3-4,7,11-12H,5-6,8-10H2,1-2H3,(H,19,20,22). The highest BCUT2D eigenvalue weighted by Crippen LogP contribution is 2.23. The van der Waals surface area contributed by atoms with Crippen molar-refractivity contribution in [1.82, 2.24) is 14.9 Å². The number of piperidine rings is 1. The molecule has 0 saturated carbocycles. The van der Waals surface area contributed by atoms with Gasteiger partial charge in [-0.05, 0) is 50.2 Å². The molecule has 3 rings (SSSR count). The number of thioether (sulfide) groups is 1. The number of anilines is 1. The maximum Gasteiger partial charge on any atom is 0.260 e. The summed E-state index contributed by atoms with van der Waals surface area (Å²) in [6, 6.07) is 3.57. The van der Waals surface area contributed by atoms with E-state index in [9.17, 15) is 4.79 Å². The lowest BCUT2D eigenvalue weighted by Gasteiger charge is -2.29. The molecule has 2 aromatic rings. The Hall–Kier alpha value is -1.44. The average molecular weight is 363 g/mol. The van der Waals surface area contributed by atoms with Crippen LogP contribution in [0.5, 0.6) is 0 Å². The highest BCUT2D eigenvalue weighted by atomic mass is 32.2. The predicted molar refractivity (Wildman–Crippen MR) is 99.8 cm³/mol. The van der Waals surface area contributed by atoms with Crippen molar-refractivity contribution in [1.29, 1.82) is 0 Å². The van der Waals surface area contributed by atoms with Gasteiger partial charge in [-0.1, -0.05) is 6.92 Å². The number of pyridine rings is 1. The van der Waals surface area contributed by atoms with E-state index in [1.807, 2.05) is 11.6 Å². The van der Waals surface area contributed by atoms with Crippen LogP contribution in [0.15, 0.2) is 28.7 Å². The monoisotopic (exact) mass is 362 g/mol. The Morgan fingerprint density at radius 1 is 1.46 bits per heavy atom. The Kier molecular flexibility index (Phi) is 5.86. The maximum atomic E-state index is 12.4. The minimum absolute atomic E-state index is 0.153. The molecular formula is C17H22N4OS2. The van der Waals surface area contributed by atoms with Crippen molar-refractivity contribution < 1.29 is 4.79 Å². The first-order chi connectivity index (χ1) is 11.7. The molecule has 7 heteroatoms. The topological polar surface area (TPSA) is 58.1 Å². The Morgan fingerprint density at radius 3 is 3.00 bits per heavy atom. The Bertz CT molecular complexity index is 695. The van der Waals surface area contributed by atoms with E-state index < -0.39 is 0 Å². The summed E-state index contributed by atoms with van der Waals surface area (Å²) in [5.74, 6) is 0.678. The summed E-state index contributed by atoms with van der Waals surface area (Å²) < 4.78 is 0. The molecule has 0 bridgehead atoms. The van der Waals surface area contributed by atoms with Crippen LogP contribution in [0.3, 0.4) is 0 Å². The van der Waals surface area contributed by atoms with Crippen LogP contribution in [-0.2, 0) is 6.54 Å². The van der Waals surface area contributed by atoms with E-state index in [-0.39, 0.29) is 5.91 Å². The third-order valence-corrected chi connectivity index (χ3v) is 5.76. The highest BCUT2D eigenvalue weighted by Gasteiger charge is 2.18. The average Bonchev–Trinajstić information content (AvgIpc) is 3.03. The molecule has 3 heterocycles. The summed E-state index contributed by atoms with van der Waals surface area (Å²) in [5.41, 5.74) is 1.62. The van der Waals surface area contributed by atoms with E-state index in [0.29, 0.717) is 10.7 Å². The highest BCUT2D eigenvalue weighted by molar-refractivity contribution is 7.98. The number of likely N-dealkylation sites (tertiary alicyclic amines) is 1. The minimum Gasteiger partial charge on any atom is -0.298 e. The third-order valence-electron chi connectivity index (χ3n) is 4.24. The van der Waals surface area contributed by atoms with Crippen molar-refractivity contribution in [2.45, 2.75) is 31.3 Å². The van der Waals surface area contributed by atoms with Crippen LogP contribution in [0.4, 0.5) is 5.13 Å². The maximum absolute atomic E-state index is 12.4. The molecule has 24 heavy (non-hydrogen) atoms. The molecule has 128 valence electrons. The lowest BCUT2D eigenvalue weighted by molar-refractivity contribution is 0.102. The first-order valence-corrected chi connectivity index (χ1v) is 10.2. The van der Waals surface area contributed by atoms with Crippen molar-refractivity contribution in [3.8, 4) is 0 Å². The van der Waals surface area contributed by atoms with Crippen LogP contribution < -0.4 is 5.32 Å². The molecule has 5 nitrogen and oxygen atoms in total. The molecule has 1 fully saturated rings. The quantitative estimate of drug-likeness (QED) is 0.821. The van der Waals surface area contributed by atoms with E-state index in [4.69, 9.17) is 0 Å². The Labute approximate surface area is 150 Å². The molecule has 0 atom stereocenters. The lowest BCUT2D eigenvalue weighted by atomic mass is 9.99. The summed E-state index contributed by atoms with van der Waals surface area (Å²) in [7, 11) is 0. The number of aromatic nitrogens is 2. The smallest absolute Gasteiger partial charge is 0.260 e. The number of carbonyl (C=O) groups is 1. The second-order valence-electron chi connectivity index (χ2n) is 6.12. The van der Waals surface area contributed by atoms with Crippen LogP contribution in [0.25, 0.3) is 0 Å². The van der Waals surface area contributed by atoms with Gasteiger partial charge in [0.25, 0.3) is 5.91 Å². The van der Waals surface area contributed by atoms with Crippen LogP contribution >= 0.6 is 23.1 Å². The zero-order valence-electron chi connectivity index (χ0n) is 14.0. The number of amides is 1. The molecule has 1 saturated heterocycles. The van der Waals surface area contributed by atoms with Gasteiger partial charge < -0.3 is 0 Å². The predicted octanol–water partition coefficient (Wildman–Crippen LogP) is 3.74. The first kappa shape index (κ1) is 17.4. The summed E-state index contributed by atoms with van der Waals surface area (Å²) in [6.45, 7) is 5.44. The largest absolute Gasteiger partial charge is 0.298 e. The van der Waals surface area contributed by atoms with Gasteiger partial charge >= 0.3 is 0 Å². The second kappa shape index (κ2) is 8.09. The van der Waals surface area contributed by atoms with Gasteiger partial charge in [-0.2, -0.15) is 0 Å². The number of hydrogen-bond acceptors (Lipinski definition) is 6. The van der Waals surface area contributed by atoms with E-state index in [0.717, 1.165) is 36.3 Å². The lowest BCUT2D eigenvalue weighted by Crippen LogP contribution is -2.32. The zero-order valence-corrected chi connectivity index (χ0v) is 15.6. The molecule has 1 N–H and O–H groups in total. The third kappa shape index (κ3) is 4.34. The normalized spacial score (nSPS) is 16.2. The van der Waals surface area contributed by atoms with E-state index in [1.165, 1.54) is 35.9 Å². The van der Waals surface area contributed by atoms with Crippen molar-refractivity contribution in [3.05, 3.63) is 35.0 Å². The first-order valence-electron chi connectivity index (χ1n) is 8.13. The van der Waals surface area contributed by atoms with E-state index in [2.05, 4.69) is 27.1 Å². The number of nitrogens with zero attached hydrogens (tertiary/aromatic N) is 3. The SMILES string of the molecule is CSc1ncccc1C(=O)Nc1nc(CN2CCC(C)CC2)cs1. The molecule has 0 spiro atoms. The number of thiazole rings is 1. The van der Waals surface area contributed by atoms with Crippen LogP contribution in [0.2, 0.25) is 0 Å². The van der Waals surface area contributed by atoms with E-state index >= 15 is 0 Å². The molecule has 0 aliphatic carbocycles. The van der Waals surface area contributed by atoms with Crippen LogP contribution in [-0.4, -0.2) is 40.1 Å². The van der Waals surface area contributed by atoms with Gasteiger partial charge in [0.05, 0.1) is 11.3 Å².